The van der Waals surface area contributed by atoms with Gasteiger partial charge in [0.15, 0.2) is 5.78 Å². The molecule has 2 heterocycles. The van der Waals surface area contributed by atoms with E-state index in [1.165, 1.54) is 32.4 Å². The summed E-state index contributed by atoms with van der Waals surface area (Å²) in [4.78, 5) is 14.2. The van der Waals surface area contributed by atoms with Crippen LogP contribution in [-0.2, 0) is 0 Å². The summed E-state index contributed by atoms with van der Waals surface area (Å²) in [6.45, 7) is 3.55. The van der Waals surface area contributed by atoms with Gasteiger partial charge in [0.05, 0.1) is 0 Å². The molecule has 0 saturated carbocycles. The molecular weight excluding hydrogens is 218 g/mol. The number of hydrogen-bond acceptors (Lipinski definition) is 3. The smallest absolute Gasteiger partial charge is 0.163 e. The van der Waals surface area contributed by atoms with Gasteiger partial charge >= 0.3 is 0 Å². The zero-order chi connectivity index (χ0) is 11.2. The van der Waals surface area contributed by atoms with Crippen molar-refractivity contribution in [1.82, 2.24) is 4.90 Å². The van der Waals surface area contributed by atoms with Gasteiger partial charge in [0.2, 0.25) is 0 Å². The molecular formula is C13H19NOS. The molecule has 0 spiro atoms. The van der Waals surface area contributed by atoms with E-state index in [0.29, 0.717) is 12.2 Å². The topological polar surface area (TPSA) is 20.3 Å². The van der Waals surface area contributed by atoms with Gasteiger partial charge in [-0.25, -0.2) is 0 Å². The van der Waals surface area contributed by atoms with Crippen LogP contribution in [0.25, 0.3) is 0 Å². The summed E-state index contributed by atoms with van der Waals surface area (Å²) in [7, 11) is 0. The molecule has 0 radical (unpaired) electrons. The highest BCUT2D eigenvalue weighted by atomic mass is 32.1. The van der Waals surface area contributed by atoms with Gasteiger partial charge in [0, 0.05) is 17.4 Å². The number of piperidine rings is 1. The third-order valence-electron chi connectivity index (χ3n) is 3.17. The van der Waals surface area contributed by atoms with E-state index in [4.69, 9.17) is 0 Å². The number of hydrogen-bond donors (Lipinski definition) is 0. The average molecular weight is 237 g/mol. The molecule has 0 atom stereocenters. The first-order valence-corrected chi connectivity index (χ1v) is 7.08. The van der Waals surface area contributed by atoms with E-state index in [9.17, 15) is 4.79 Å². The van der Waals surface area contributed by atoms with Crippen LogP contribution >= 0.6 is 11.3 Å². The third kappa shape index (κ3) is 3.42. The van der Waals surface area contributed by atoms with E-state index in [-0.39, 0.29) is 0 Å². The second-order valence-corrected chi connectivity index (χ2v) is 5.22. The minimum Gasteiger partial charge on any atom is -0.303 e. The monoisotopic (exact) mass is 237 g/mol. The highest BCUT2D eigenvalue weighted by molar-refractivity contribution is 7.08. The Morgan fingerprint density at radius 2 is 2.12 bits per heavy atom. The lowest BCUT2D eigenvalue weighted by Crippen LogP contribution is -2.30. The number of carbonyl (C=O) groups excluding carboxylic acids is 1. The Labute approximate surface area is 101 Å². The first-order chi connectivity index (χ1) is 7.86. The quantitative estimate of drug-likeness (QED) is 0.733. The van der Waals surface area contributed by atoms with E-state index < -0.39 is 0 Å². The van der Waals surface area contributed by atoms with Crippen molar-refractivity contribution in [1.29, 1.82) is 0 Å². The largest absolute Gasteiger partial charge is 0.303 e. The predicted molar refractivity (Wildman–Crippen MR) is 68.2 cm³/mol. The molecule has 0 aliphatic carbocycles. The van der Waals surface area contributed by atoms with Gasteiger partial charge in [0.25, 0.3) is 0 Å². The Morgan fingerprint density at radius 1 is 1.31 bits per heavy atom. The Hall–Kier alpha value is -0.670. The van der Waals surface area contributed by atoms with Crippen LogP contribution < -0.4 is 0 Å². The first-order valence-electron chi connectivity index (χ1n) is 6.14. The summed E-state index contributed by atoms with van der Waals surface area (Å²) in [5.41, 5.74) is 0.892. The number of likely N-dealkylation sites (tertiary alicyclic amines) is 1. The maximum absolute atomic E-state index is 11.7. The van der Waals surface area contributed by atoms with Crippen molar-refractivity contribution in [3.05, 3.63) is 22.4 Å². The van der Waals surface area contributed by atoms with Gasteiger partial charge in [-0.15, -0.1) is 0 Å². The van der Waals surface area contributed by atoms with E-state index in [1.807, 2.05) is 16.8 Å². The van der Waals surface area contributed by atoms with E-state index >= 15 is 0 Å². The molecule has 1 aliphatic heterocycles. The van der Waals surface area contributed by atoms with Crippen molar-refractivity contribution in [2.75, 3.05) is 19.6 Å². The summed E-state index contributed by atoms with van der Waals surface area (Å²) in [6.07, 6.45) is 5.75. The Kier molecular flexibility index (Phi) is 4.55. The number of nitrogens with zero attached hydrogens (tertiary/aromatic N) is 1. The molecule has 16 heavy (non-hydrogen) atoms. The first kappa shape index (κ1) is 11.8. The summed E-state index contributed by atoms with van der Waals surface area (Å²) < 4.78 is 0. The van der Waals surface area contributed by atoms with Crippen LogP contribution in [0.3, 0.4) is 0 Å². The summed E-state index contributed by atoms with van der Waals surface area (Å²) in [6, 6.07) is 1.92. The molecule has 0 aromatic carbocycles. The molecule has 1 saturated heterocycles. The van der Waals surface area contributed by atoms with E-state index in [1.54, 1.807) is 11.3 Å². The van der Waals surface area contributed by atoms with Crippen LogP contribution in [0, 0.1) is 0 Å². The van der Waals surface area contributed by atoms with Gasteiger partial charge < -0.3 is 4.90 Å². The predicted octanol–water partition coefficient (Wildman–Crippen LogP) is 3.20. The Bertz CT molecular complexity index is 315. The van der Waals surface area contributed by atoms with Crippen LogP contribution in [0.5, 0.6) is 0 Å². The molecule has 0 N–H and O–H groups in total. The van der Waals surface area contributed by atoms with Crippen molar-refractivity contribution < 1.29 is 4.79 Å². The van der Waals surface area contributed by atoms with Crippen LogP contribution in [0.15, 0.2) is 16.8 Å². The highest BCUT2D eigenvalue weighted by Gasteiger charge is 2.11. The maximum atomic E-state index is 11.7. The van der Waals surface area contributed by atoms with Crippen LogP contribution in [0.1, 0.15) is 42.5 Å². The normalized spacial score (nSPS) is 17.5. The van der Waals surface area contributed by atoms with Crippen LogP contribution in [-0.4, -0.2) is 30.3 Å². The lowest BCUT2D eigenvalue weighted by atomic mass is 10.1. The number of carbonyl (C=O) groups is 1. The second kappa shape index (κ2) is 6.16. The molecule has 1 aliphatic rings. The van der Waals surface area contributed by atoms with Crippen LogP contribution in [0.4, 0.5) is 0 Å². The number of rotatable bonds is 5. The van der Waals surface area contributed by atoms with Gasteiger partial charge in [-0.3, -0.25) is 4.79 Å². The molecule has 1 fully saturated rings. The van der Waals surface area contributed by atoms with E-state index in [2.05, 4.69) is 4.90 Å². The second-order valence-electron chi connectivity index (χ2n) is 4.44. The standard InChI is InChI=1S/C13H19NOS/c15-13(12-6-10-16-11-12)5-4-9-14-7-2-1-3-8-14/h6,10-11H,1-5,7-9H2. The SMILES string of the molecule is O=C(CCCN1CCCCC1)c1ccsc1. The van der Waals surface area contributed by atoms with Gasteiger partial charge in [-0.05, 0) is 50.3 Å². The van der Waals surface area contributed by atoms with Gasteiger partial charge in [-0.2, -0.15) is 11.3 Å². The number of Topliss-reactive ketones (excluding diaryl/α,β-unsaturated/α-hetero) is 1. The lowest BCUT2D eigenvalue weighted by Gasteiger charge is -2.26. The Balaban J connectivity index is 1.66. The number of ketones is 1. The highest BCUT2D eigenvalue weighted by Crippen LogP contribution is 2.12. The van der Waals surface area contributed by atoms with Crippen molar-refractivity contribution >= 4 is 17.1 Å². The molecule has 1 aromatic rings. The molecule has 3 heteroatoms. The third-order valence-corrected chi connectivity index (χ3v) is 3.85. The minimum atomic E-state index is 0.304. The molecule has 88 valence electrons. The van der Waals surface area contributed by atoms with Crippen LogP contribution in [0.2, 0.25) is 0 Å². The Morgan fingerprint density at radius 3 is 2.81 bits per heavy atom. The average Bonchev–Trinajstić information content (AvgIpc) is 2.84. The van der Waals surface area contributed by atoms with Crippen molar-refractivity contribution in [3.8, 4) is 0 Å². The fourth-order valence-corrected chi connectivity index (χ4v) is 2.87. The van der Waals surface area contributed by atoms with Crippen molar-refractivity contribution in [2.24, 2.45) is 0 Å². The molecule has 0 bridgehead atoms. The summed E-state index contributed by atoms with van der Waals surface area (Å²) in [5, 5.41) is 3.92. The fraction of sp³-hybridized carbons (Fsp3) is 0.615. The zero-order valence-electron chi connectivity index (χ0n) is 9.65. The zero-order valence-corrected chi connectivity index (χ0v) is 10.5. The molecule has 0 amide bonds. The molecule has 2 rings (SSSR count). The number of thiophene rings is 1. The minimum absolute atomic E-state index is 0.304. The van der Waals surface area contributed by atoms with Crippen molar-refractivity contribution in [3.63, 3.8) is 0 Å². The molecule has 0 unspecified atom stereocenters. The lowest BCUT2D eigenvalue weighted by molar-refractivity contribution is 0.0973. The maximum Gasteiger partial charge on any atom is 0.163 e. The van der Waals surface area contributed by atoms with E-state index in [0.717, 1.165) is 18.5 Å². The fourth-order valence-electron chi connectivity index (χ4n) is 2.21. The molecule has 1 aromatic heterocycles. The van der Waals surface area contributed by atoms with Gasteiger partial charge in [-0.1, -0.05) is 6.42 Å². The van der Waals surface area contributed by atoms with Crippen molar-refractivity contribution in [2.45, 2.75) is 32.1 Å². The summed E-state index contributed by atoms with van der Waals surface area (Å²) >= 11 is 1.60. The molecule has 2 nitrogen and oxygen atoms in total. The van der Waals surface area contributed by atoms with Gasteiger partial charge in [0.1, 0.15) is 0 Å². The summed E-state index contributed by atoms with van der Waals surface area (Å²) in [5.74, 6) is 0.304.